The molecule has 1 aliphatic carbocycles. The van der Waals surface area contributed by atoms with Crippen LogP contribution in [0, 0.1) is 5.92 Å². The maximum Gasteiger partial charge on any atom is 0.344 e. The van der Waals surface area contributed by atoms with Crippen LogP contribution in [0.15, 0.2) is 28.7 Å². The van der Waals surface area contributed by atoms with E-state index >= 15 is 4.39 Å². The smallest absolute Gasteiger partial charge is 0.344 e. The first kappa shape index (κ1) is 16.9. The van der Waals surface area contributed by atoms with Crippen LogP contribution in [0.25, 0.3) is 0 Å². The van der Waals surface area contributed by atoms with Crippen LogP contribution in [0.4, 0.5) is 4.39 Å². The average Bonchev–Trinajstić information content (AvgIpc) is 2.53. The van der Waals surface area contributed by atoms with Crippen molar-refractivity contribution >= 4 is 27.9 Å². The Labute approximate surface area is 137 Å². The third kappa shape index (κ3) is 3.02. The van der Waals surface area contributed by atoms with Gasteiger partial charge in [-0.05, 0) is 37.0 Å². The summed E-state index contributed by atoms with van der Waals surface area (Å²) in [5.41, 5.74) is -1.54. The van der Waals surface area contributed by atoms with Gasteiger partial charge in [0.2, 0.25) is 5.67 Å². The molecule has 1 aliphatic rings. The van der Waals surface area contributed by atoms with Gasteiger partial charge in [0.25, 0.3) is 0 Å². The van der Waals surface area contributed by atoms with Crippen LogP contribution in [-0.2, 0) is 19.1 Å². The summed E-state index contributed by atoms with van der Waals surface area (Å²) in [7, 11) is 2.33. The predicted molar refractivity (Wildman–Crippen MR) is 82.1 cm³/mol. The number of esters is 2. The lowest BCUT2D eigenvalue weighted by Crippen LogP contribution is -2.51. The van der Waals surface area contributed by atoms with Gasteiger partial charge in [0.05, 0.1) is 14.2 Å². The molecule has 1 fully saturated rings. The molecule has 0 spiro atoms. The van der Waals surface area contributed by atoms with Gasteiger partial charge in [0.15, 0.2) is 0 Å². The molecule has 2 rings (SSSR count). The second kappa shape index (κ2) is 6.77. The molecule has 22 heavy (non-hydrogen) atoms. The number of carbonyl (C=O) groups excluding carboxylic acids is 2. The Balaban J connectivity index is 2.45. The van der Waals surface area contributed by atoms with Gasteiger partial charge in [-0.25, -0.2) is 9.18 Å². The van der Waals surface area contributed by atoms with Gasteiger partial charge in [-0.3, -0.25) is 4.79 Å². The van der Waals surface area contributed by atoms with Crippen LogP contribution in [0.1, 0.15) is 30.7 Å². The Morgan fingerprint density at radius 1 is 1.23 bits per heavy atom. The van der Waals surface area contributed by atoms with Crippen molar-refractivity contribution in [2.45, 2.75) is 30.8 Å². The van der Waals surface area contributed by atoms with Crippen molar-refractivity contribution in [3.63, 3.8) is 0 Å². The molecule has 0 heterocycles. The fourth-order valence-corrected chi connectivity index (χ4v) is 3.43. The quantitative estimate of drug-likeness (QED) is 0.763. The van der Waals surface area contributed by atoms with E-state index in [0.717, 1.165) is 17.1 Å². The zero-order valence-electron chi connectivity index (χ0n) is 12.5. The van der Waals surface area contributed by atoms with Gasteiger partial charge >= 0.3 is 11.9 Å². The minimum atomic E-state index is -2.35. The van der Waals surface area contributed by atoms with Gasteiger partial charge < -0.3 is 9.47 Å². The van der Waals surface area contributed by atoms with Crippen LogP contribution < -0.4 is 0 Å². The molecule has 4 nitrogen and oxygen atoms in total. The van der Waals surface area contributed by atoms with E-state index < -0.39 is 29.4 Å². The van der Waals surface area contributed by atoms with Crippen molar-refractivity contribution in [1.29, 1.82) is 0 Å². The van der Waals surface area contributed by atoms with Gasteiger partial charge in [0.1, 0.15) is 5.92 Å². The number of alkyl halides is 1. The molecule has 1 aromatic rings. The summed E-state index contributed by atoms with van der Waals surface area (Å²) >= 11 is 3.34. The van der Waals surface area contributed by atoms with Crippen molar-refractivity contribution in [2.24, 2.45) is 5.92 Å². The SMILES string of the molecule is COC(=O)[C@H]1[C@H](c2ccc(Br)cc2)CCC[C@]1(F)C(=O)OC. The lowest BCUT2D eigenvalue weighted by Gasteiger charge is -2.39. The number of rotatable bonds is 3. The normalized spacial score (nSPS) is 28.0. The highest BCUT2D eigenvalue weighted by molar-refractivity contribution is 9.10. The molecule has 0 saturated heterocycles. The van der Waals surface area contributed by atoms with E-state index in [-0.39, 0.29) is 6.42 Å². The molecule has 120 valence electrons. The lowest BCUT2D eigenvalue weighted by atomic mass is 9.67. The predicted octanol–water partition coefficient (Wildman–Crippen LogP) is 3.39. The van der Waals surface area contributed by atoms with E-state index in [2.05, 4.69) is 20.7 Å². The summed E-state index contributed by atoms with van der Waals surface area (Å²) in [6.45, 7) is 0. The molecule has 0 aliphatic heterocycles. The summed E-state index contributed by atoms with van der Waals surface area (Å²) in [6, 6.07) is 7.31. The van der Waals surface area contributed by atoms with E-state index in [0.29, 0.717) is 12.8 Å². The Hall–Kier alpha value is -1.43. The number of ether oxygens (including phenoxy) is 2. The van der Waals surface area contributed by atoms with Gasteiger partial charge in [-0.2, -0.15) is 0 Å². The standard InChI is InChI=1S/C16H18BrFO4/c1-21-14(19)13-12(10-5-7-11(17)8-6-10)4-3-9-16(13,18)15(20)22-2/h5-8,12-13H,3-4,9H2,1-2H3/t12-,13+,16+/m0/s1. The minimum absolute atomic E-state index is 0.0352. The molecule has 3 atom stereocenters. The first-order chi connectivity index (χ1) is 10.4. The topological polar surface area (TPSA) is 52.6 Å². The maximum absolute atomic E-state index is 15.3. The van der Waals surface area contributed by atoms with Gasteiger partial charge in [0, 0.05) is 10.4 Å². The summed E-state index contributed by atoms with van der Waals surface area (Å²) in [5.74, 6) is -3.34. The highest BCUT2D eigenvalue weighted by Gasteiger charge is 2.57. The van der Waals surface area contributed by atoms with E-state index in [4.69, 9.17) is 4.74 Å². The summed E-state index contributed by atoms with van der Waals surface area (Å²) in [6.07, 6.45) is 1.08. The lowest BCUT2D eigenvalue weighted by molar-refractivity contribution is -0.173. The Morgan fingerprint density at radius 3 is 2.41 bits per heavy atom. The summed E-state index contributed by atoms with van der Waals surface area (Å²) < 4.78 is 25.5. The molecule has 1 saturated carbocycles. The van der Waals surface area contributed by atoms with E-state index in [1.165, 1.54) is 7.11 Å². The van der Waals surface area contributed by atoms with Crippen molar-refractivity contribution in [3.8, 4) is 0 Å². The van der Waals surface area contributed by atoms with Crippen molar-refractivity contribution in [3.05, 3.63) is 34.3 Å². The van der Waals surface area contributed by atoms with E-state index in [9.17, 15) is 9.59 Å². The number of carbonyl (C=O) groups is 2. The van der Waals surface area contributed by atoms with E-state index in [1.807, 2.05) is 24.3 Å². The first-order valence-corrected chi connectivity index (χ1v) is 7.84. The average molecular weight is 373 g/mol. The van der Waals surface area contributed by atoms with Crippen LogP contribution >= 0.6 is 15.9 Å². The minimum Gasteiger partial charge on any atom is -0.469 e. The van der Waals surface area contributed by atoms with Gasteiger partial charge in [-0.15, -0.1) is 0 Å². The first-order valence-electron chi connectivity index (χ1n) is 7.04. The fraction of sp³-hybridized carbons (Fsp3) is 0.500. The van der Waals surface area contributed by atoms with Crippen LogP contribution in [0.3, 0.4) is 0 Å². The largest absolute Gasteiger partial charge is 0.469 e. The summed E-state index contributed by atoms with van der Waals surface area (Å²) in [5, 5.41) is 0. The highest BCUT2D eigenvalue weighted by atomic mass is 79.9. The highest BCUT2D eigenvalue weighted by Crippen LogP contribution is 2.47. The molecular weight excluding hydrogens is 355 g/mol. The number of methoxy groups -OCH3 is 2. The second-order valence-corrected chi connectivity index (χ2v) is 6.32. The zero-order chi connectivity index (χ0) is 16.3. The monoisotopic (exact) mass is 372 g/mol. The molecule has 0 N–H and O–H groups in total. The molecule has 6 heteroatoms. The summed E-state index contributed by atoms with van der Waals surface area (Å²) in [4.78, 5) is 24.1. The number of benzene rings is 1. The zero-order valence-corrected chi connectivity index (χ0v) is 14.1. The van der Waals surface area contributed by atoms with E-state index in [1.54, 1.807) is 0 Å². The Bertz CT molecular complexity index is 560. The Morgan fingerprint density at radius 2 is 1.86 bits per heavy atom. The second-order valence-electron chi connectivity index (χ2n) is 5.41. The van der Waals surface area contributed by atoms with Crippen LogP contribution in [0.2, 0.25) is 0 Å². The molecule has 0 amide bonds. The van der Waals surface area contributed by atoms with Crippen LogP contribution in [0.5, 0.6) is 0 Å². The molecule has 0 radical (unpaired) electrons. The van der Waals surface area contributed by atoms with Crippen LogP contribution in [-0.4, -0.2) is 31.8 Å². The van der Waals surface area contributed by atoms with Crippen molar-refractivity contribution < 1.29 is 23.5 Å². The number of hydrogen-bond donors (Lipinski definition) is 0. The number of hydrogen-bond acceptors (Lipinski definition) is 4. The Kier molecular flexibility index (Phi) is 5.21. The van der Waals surface area contributed by atoms with Crippen molar-refractivity contribution in [1.82, 2.24) is 0 Å². The van der Waals surface area contributed by atoms with Crippen molar-refractivity contribution in [2.75, 3.05) is 14.2 Å². The third-order valence-corrected chi connectivity index (χ3v) is 4.76. The van der Waals surface area contributed by atoms with Gasteiger partial charge in [-0.1, -0.05) is 28.1 Å². The number of halogens is 2. The molecular formula is C16H18BrFO4. The molecule has 1 aromatic carbocycles. The molecule has 0 aromatic heterocycles. The molecule has 0 bridgehead atoms. The molecule has 0 unspecified atom stereocenters. The fourth-order valence-electron chi connectivity index (χ4n) is 3.17. The maximum atomic E-state index is 15.3. The third-order valence-electron chi connectivity index (χ3n) is 4.23.